The fourth-order valence-corrected chi connectivity index (χ4v) is 3.62. The molecule has 5 heteroatoms. The van der Waals surface area contributed by atoms with E-state index in [4.69, 9.17) is 9.47 Å². The number of ether oxygens (including phenoxy) is 2. The number of hydrogen-bond acceptors (Lipinski definition) is 4. The number of fused-ring (bicyclic) bond motifs is 3. The molecule has 0 bridgehead atoms. The Labute approximate surface area is 151 Å². The quantitative estimate of drug-likeness (QED) is 0.749. The summed E-state index contributed by atoms with van der Waals surface area (Å²) in [5.74, 6) is 0.426. The van der Waals surface area contributed by atoms with Crippen LogP contribution >= 0.6 is 0 Å². The van der Waals surface area contributed by atoms with Gasteiger partial charge >= 0.3 is 0 Å². The van der Waals surface area contributed by atoms with E-state index in [1.165, 1.54) is 14.2 Å². The predicted molar refractivity (Wildman–Crippen MR) is 100 cm³/mol. The summed E-state index contributed by atoms with van der Waals surface area (Å²) >= 11 is 0. The van der Waals surface area contributed by atoms with Crippen molar-refractivity contribution in [1.29, 1.82) is 0 Å². The number of hydrogen-bond donors (Lipinski definition) is 2. The van der Waals surface area contributed by atoms with Crippen molar-refractivity contribution >= 4 is 22.4 Å². The predicted octanol–water partition coefficient (Wildman–Crippen LogP) is 4.04. The lowest BCUT2D eigenvalue weighted by Gasteiger charge is -2.28. The number of rotatable bonds is 3. The number of anilines is 1. The Morgan fingerprint density at radius 2 is 1.73 bits per heavy atom. The van der Waals surface area contributed by atoms with Crippen LogP contribution < -0.4 is 14.8 Å². The highest BCUT2D eigenvalue weighted by molar-refractivity contribution is 6.06. The van der Waals surface area contributed by atoms with E-state index in [9.17, 15) is 9.90 Å². The summed E-state index contributed by atoms with van der Waals surface area (Å²) in [5, 5.41) is 15.3. The Kier molecular flexibility index (Phi) is 3.92. The smallest absolute Gasteiger partial charge is 0.225 e. The normalized spacial score (nSPS) is 16.1. The number of carbonyl (C=O) groups excluding carboxylic acids is 1. The Morgan fingerprint density at radius 3 is 2.42 bits per heavy atom. The molecule has 1 aliphatic rings. The van der Waals surface area contributed by atoms with E-state index in [0.29, 0.717) is 17.9 Å². The Bertz CT molecular complexity index is 987. The topological polar surface area (TPSA) is 67.8 Å². The maximum absolute atomic E-state index is 12.4. The first-order chi connectivity index (χ1) is 12.6. The SMILES string of the molecule is COc1cc([C@@H]2CC(=O)Nc3c2ccc2ccccc32)cc(OC)c1O. The van der Waals surface area contributed by atoms with Crippen LogP contribution in [0.4, 0.5) is 5.69 Å². The molecule has 1 atom stereocenters. The molecule has 1 amide bonds. The molecule has 0 saturated carbocycles. The van der Waals surface area contributed by atoms with E-state index >= 15 is 0 Å². The molecule has 4 rings (SSSR count). The van der Waals surface area contributed by atoms with Crippen molar-refractivity contribution in [2.75, 3.05) is 19.5 Å². The first kappa shape index (κ1) is 16.3. The maximum atomic E-state index is 12.4. The highest BCUT2D eigenvalue weighted by atomic mass is 16.5. The highest BCUT2D eigenvalue weighted by Gasteiger charge is 2.29. The zero-order valence-corrected chi connectivity index (χ0v) is 14.6. The average Bonchev–Trinajstić information content (AvgIpc) is 2.67. The van der Waals surface area contributed by atoms with Crippen LogP contribution in [0.15, 0.2) is 48.5 Å². The van der Waals surface area contributed by atoms with Gasteiger partial charge < -0.3 is 19.9 Å². The van der Waals surface area contributed by atoms with Gasteiger partial charge in [0.25, 0.3) is 0 Å². The van der Waals surface area contributed by atoms with Crippen LogP contribution in [0.3, 0.4) is 0 Å². The fourth-order valence-electron chi connectivity index (χ4n) is 3.62. The molecule has 0 aliphatic carbocycles. The van der Waals surface area contributed by atoms with E-state index in [1.807, 2.05) is 30.3 Å². The van der Waals surface area contributed by atoms with Crippen molar-refractivity contribution in [3.63, 3.8) is 0 Å². The van der Waals surface area contributed by atoms with Gasteiger partial charge in [0.2, 0.25) is 11.7 Å². The van der Waals surface area contributed by atoms with Gasteiger partial charge in [-0.25, -0.2) is 0 Å². The van der Waals surface area contributed by atoms with Crippen molar-refractivity contribution in [3.05, 3.63) is 59.7 Å². The number of amides is 1. The van der Waals surface area contributed by atoms with E-state index in [1.54, 1.807) is 12.1 Å². The van der Waals surface area contributed by atoms with Gasteiger partial charge in [-0.3, -0.25) is 4.79 Å². The molecule has 0 saturated heterocycles. The zero-order chi connectivity index (χ0) is 18.3. The lowest BCUT2D eigenvalue weighted by molar-refractivity contribution is -0.116. The first-order valence-corrected chi connectivity index (χ1v) is 8.38. The summed E-state index contributed by atoms with van der Waals surface area (Å²) in [6.45, 7) is 0. The number of nitrogens with one attached hydrogen (secondary N) is 1. The summed E-state index contributed by atoms with van der Waals surface area (Å²) in [6.07, 6.45) is 0.322. The molecular weight excluding hydrogens is 330 g/mol. The Balaban J connectivity index is 1.92. The summed E-state index contributed by atoms with van der Waals surface area (Å²) < 4.78 is 10.5. The van der Waals surface area contributed by atoms with Crippen LogP contribution in [0.2, 0.25) is 0 Å². The average molecular weight is 349 g/mol. The van der Waals surface area contributed by atoms with Crippen molar-refractivity contribution in [2.24, 2.45) is 0 Å². The van der Waals surface area contributed by atoms with Crippen LogP contribution in [0.1, 0.15) is 23.5 Å². The Hall–Kier alpha value is -3.21. The molecule has 1 aliphatic heterocycles. The molecule has 0 fully saturated rings. The zero-order valence-electron chi connectivity index (χ0n) is 14.6. The van der Waals surface area contributed by atoms with Gasteiger partial charge in [0.1, 0.15) is 0 Å². The molecule has 132 valence electrons. The van der Waals surface area contributed by atoms with E-state index in [2.05, 4.69) is 11.4 Å². The minimum absolute atomic E-state index is 0.0372. The fraction of sp³-hybridized carbons (Fsp3) is 0.190. The van der Waals surface area contributed by atoms with Gasteiger partial charge in [-0.15, -0.1) is 0 Å². The summed E-state index contributed by atoms with van der Waals surface area (Å²) in [5.41, 5.74) is 2.75. The summed E-state index contributed by atoms with van der Waals surface area (Å²) in [4.78, 5) is 12.4. The van der Waals surface area contributed by atoms with Gasteiger partial charge in [0.05, 0.1) is 19.9 Å². The molecule has 2 N–H and O–H groups in total. The number of benzene rings is 3. The molecule has 5 nitrogen and oxygen atoms in total. The minimum atomic E-state index is -0.147. The summed E-state index contributed by atoms with van der Waals surface area (Å²) in [7, 11) is 2.99. The molecular formula is C21H19NO4. The number of aromatic hydroxyl groups is 1. The third-order valence-electron chi connectivity index (χ3n) is 4.90. The third-order valence-corrected chi connectivity index (χ3v) is 4.90. The van der Waals surface area contributed by atoms with Crippen LogP contribution in [0.25, 0.3) is 10.8 Å². The number of phenolic OH excluding ortho intramolecular Hbond substituents is 1. The van der Waals surface area contributed by atoms with Crippen molar-refractivity contribution < 1.29 is 19.4 Å². The van der Waals surface area contributed by atoms with Gasteiger partial charge in [-0.2, -0.15) is 0 Å². The first-order valence-electron chi connectivity index (χ1n) is 8.38. The van der Waals surface area contributed by atoms with Gasteiger partial charge in [0, 0.05) is 17.7 Å². The summed E-state index contributed by atoms with van der Waals surface area (Å²) in [6, 6.07) is 15.6. The number of carbonyl (C=O) groups is 1. The van der Waals surface area contributed by atoms with E-state index < -0.39 is 0 Å². The van der Waals surface area contributed by atoms with Crippen LogP contribution in [0, 0.1) is 0 Å². The third kappa shape index (κ3) is 2.52. The second-order valence-electron chi connectivity index (χ2n) is 6.33. The van der Waals surface area contributed by atoms with Crippen molar-refractivity contribution in [1.82, 2.24) is 0 Å². The van der Waals surface area contributed by atoms with Crippen LogP contribution in [-0.4, -0.2) is 25.2 Å². The Morgan fingerprint density at radius 1 is 1.04 bits per heavy atom. The lowest BCUT2D eigenvalue weighted by atomic mass is 9.83. The monoisotopic (exact) mass is 349 g/mol. The second kappa shape index (κ2) is 6.26. The molecule has 1 heterocycles. The van der Waals surface area contributed by atoms with Crippen molar-refractivity contribution in [2.45, 2.75) is 12.3 Å². The highest BCUT2D eigenvalue weighted by Crippen LogP contribution is 2.45. The molecule has 3 aromatic rings. The van der Waals surface area contributed by atoms with Crippen molar-refractivity contribution in [3.8, 4) is 17.2 Å². The minimum Gasteiger partial charge on any atom is -0.502 e. The molecule has 0 unspecified atom stereocenters. The molecule has 0 spiro atoms. The molecule has 0 radical (unpaired) electrons. The van der Waals surface area contributed by atoms with E-state index in [0.717, 1.165) is 27.6 Å². The lowest BCUT2D eigenvalue weighted by Crippen LogP contribution is -2.23. The maximum Gasteiger partial charge on any atom is 0.225 e. The second-order valence-corrected chi connectivity index (χ2v) is 6.33. The number of methoxy groups -OCH3 is 2. The largest absolute Gasteiger partial charge is 0.502 e. The van der Waals surface area contributed by atoms with Gasteiger partial charge in [-0.1, -0.05) is 36.4 Å². The molecule has 0 aromatic heterocycles. The van der Waals surface area contributed by atoms with Gasteiger partial charge in [-0.05, 0) is 28.6 Å². The van der Waals surface area contributed by atoms with Gasteiger partial charge in [0.15, 0.2) is 11.5 Å². The molecule has 26 heavy (non-hydrogen) atoms. The standard InChI is InChI=1S/C21H19NO4/c1-25-17-9-13(10-18(26-2)21(17)24)16-11-19(23)22-20-14-6-4-3-5-12(14)7-8-15(16)20/h3-10,16,24H,11H2,1-2H3,(H,22,23)/t16-/m0/s1. The number of phenols is 1. The van der Waals surface area contributed by atoms with E-state index in [-0.39, 0.29) is 17.6 Å². The van der Waals surface area contributed by atoms with Crippen LogP contribution in [-0.2, 0) is 4.79 Å². The van der Waals surface area contributed by atoms with Crippen LogP contribution in [0.5, 0.6) is 17.2 Å². The molecule has 3 aromatic carbocycles.